The van der Waals surface area contributed by atoms with Crippen molar-refractivity contribution in [2.75, 3.05) is 20.8 Å². The molecule has 1 heterocycles. The van der Waals surface area contributed by atoms with Crippen LogP contribution >= 0.6 is 0 Å². The monoisotopic (exact) mass is 367 g/mol. The Morgan fingerprint density at radius 1 is 1.07 bits per heavy atom. The Morgan fingerprint density at radius 3 is 2.48 bits per heavy atom. The van der Waals surface area contributed by atoms with Crippen molar-refractivity contribution in [3.8, 4) is 23.0 Å². The van der Waals surface area contributed by atoms with Crippen molar-refractivity contribution in [2.24, 2.45) is 0 Å². The smallest absolute Gasteiger partial charge is 0.251 e. The fraction of sp³-hybridized carbons (Fsp3) is 0.250. The van der Waals surface area contributed by atoms with Crippen LogP contribution in [0.25, 0.3) is 11.5 Å². The highest BCUT2D eigenvalue weighted by molar-refractivity contribution is 5.95. The number of benzene rings is 2. The van der Waals surface area contributed by atoms with Crippen LogP contribution in [-0.2, 0) is 6.42 Å². The summed E-state index contributed by atoms with van der Waals surface area (Å²) in [5.74, 6) is 1.82. The lowest BCUT2D eigenvalue weighted by Gasteiger charge is -2.08. The van der Waals surface area contributed by atoms with Gasteiger partial charge in [0, 0.05) is 30.2 Å². The molecule has 0 aliphatic rings. The molecular formula is C20H21N3O4. The van der Waals surface area contributed by atoms with E-state index in [1.807, 2.05) is 31.2 Å². The first kappa shape index (κ1) is 18.4. The predicted molar refractivity (Wildman–Crippen MR) is 100 cm³/mol. The lowest BCUT2D eigenvalue weighted by molar-refractivity contribution is 0.0953. The number of aromatic nitrogens is 2. The summed E-state index contributed by atoms with van der Waals surface area (Å²) in [6.07, 6.45) is 0.436. The summed E-state index contributed by atoms with van der Waals surface area (Å²) in [7, 11) is 3.08. The first-order chi connectivity index (χ1) is 13.1. The van der Waals surface area contributed by atoms with Gasteiger partial charge in [-0.1, -0.05) is 17.7 Å². The molecule has 0 saturated heterocycles. The van der Waals surface area contributed by atoms with Gasteiger partial charge >= 0.3 is 0 Å². The van der Waals surface area contributed by atoms with E-state index in [0.29, 0.717) is 41.8 Å². The molecule has 27 heavy (non-hydrogen) atoms. The second-order valence-electron chi connectivity index (χ2n) is 5.98. The van der Waals surface area contributed by atoms with Gasteiger partial charge in [0.2, 0.25) is 11.8 Å². The summed E-state index contributed by atoms with van der Waals surface area (Å²) in [6.45, 7) is 2.37. The van der Waals surface area contributed by atoms with Gasteiger partial charge in [0.15, 0.2) is 0 Å². The van der Waals surface area contributed by atoms with Gasteiger partial charge in [-0.05, 0) is 31.2 Å². The van der Waals surface area contributed by atoms with Gasteiger partial charge in [-0.3, -0.25) is 4.79 Å². The third kappa shape index (κ3) is 4.63. The van der Waals surface area contributed by atoms with Crippen LogP contribution in [0.15, 0.2) is 46.9 Å². The van der Waals surface area contributed by atoms with Gasteiger partial charge in [-0.2, -0.15) is 0 Å². The number of nitrogens with zero attached hydrogens (tertiary/aromatic N) is 2. The van der Waals surface area contributed by atoms with Crippen LogP contribution < -0.4 is 14.8 Å². The van der Waals surface area contributed by atoms with E-state index in [-0.39, 0.29) is 5.91 Å². The van der Waals surface area contributed by atoms with Crippen LogP contribution in [0.4, 0.5) is 0 Å². The Morgan fingerprint density at radius 2 is 1.81 bits per heavy atom. The standard InChI is InChI=1S/C20H21N3O4/c1-13-5-4-6-14(9-13)20-23-22-18(27-20)7-8-21-19(24)15-10-16(25-2)12-17(11-15)26-3/h4-6,9-12H,7-8H2,1-3H3,(H,21,24). The van der Waals surface area contributed by atoms with E-state index in [2.05, 4.69) is 15.5 Å². The Hall–Kier alpha value is -3.35. The van der Waals surface area contributed by atoms with Gasteiger partial charge < -0.3 is 19.2 Å². The van der Waals surface area contributed by atoms with Gasteiger partial charge in [-0.15, -0.1) is 10.2 Å². The van der Waals surface area contributed by atoms with Gasteiger partial charge in [0.25, 0.3) is 5.91 Å². The number of methoxy groups -OCH3 is 2. The van der Waals surface area contributed by atoms with Crippen LogP contribution in [0.1, 0.15) is 21.8 Å². The van der Waals surface area contributed by atoms with Crippen molar-refractivity contribution in [2.45, 2.75) is 13.3 Å². The molecule has 3 rings (SSSR count). The number of carbonyl (C=O) groups is 1. The van der Waals surface area contributed by atoms with Crippen molar-refractivity contribution < 1.29 is 18.7 Å². The molecule has 0 spiro atoms. The summed E-state index contributed by atoms with van der Waals surface area (Å²) in [4.78, 5) is 12.3. The number of hydrogen-bond acceptors (Lipinski definition) is 6. The Bertz CT molecular complexity index is 914. The summed E-state index contributed by atoms with van der Waals surface area (Å²) < 4.78 is 16.0. The van der Waals surface area contributed by atoms with E-state index in [1.165, 1.54) is 14.2 Å². The van der Waals surface area contributed by atoms with E-state index in [1.54, 1.807) is 18.2 Å². The van der Waals surface area contributed by atoms with Crippen LogP contribution in [-0.4, -0.2) is 36.9 Å². The SMILES string of the molecule is COc1cc(OC)cc(C(=O)NCCc2nnc(-c3cccc(C)c3)o2)c1. The molecule has 7 nitrogen and oxygen atoms in total. The van der Waals surface area contributed by atoms with Crippen molar-refractivity contribution in [3.63, 3.8) is 0 Å². The molecule has 0 bridgehead atoms. The number of nitrogens with one attached hydrogen (secondary N) is 1. The van der Waals surface area contributed by atoms with E-state index < -0.39 is 0 Å². The average Bonchev–Trinajstić information content (AvgIpc) is 3.16. The molecule has 2 aromatic carbocycles. The minimum Gasteiger partial charge on any atom is -0.497 e. The first-order valence-electron chi connectivity index (χ1n) is 8.49. The molecule has 0 unspecified atom stereocenters. The zero-order valence-electron chi connectivity index (χ0n) is 15.5. The molecule has 0 fully saturated rings. The number of amides is 1. The maximum atomic E-state index is 12.3. The number of hydrogen-bond donors (Lipinski definition) is 1. The fourth-order valence-electron chi connectivity index (χ4n) is 2.57. The van der Waals surface area contributed by atoms with E-state index >= 15 is 0 Å². The average molecular weight is 367 g/mol. The van der Waals surface area contributed by atoms with Gasteiger partial charge in [-0.25, -0.2) is 0 Å². The third-order valence-electron chi connectivity index (χ3n) is 3.97. The molecule has 3 aromatic rings. The van der Waals surface area contributed by atoms with Crippen LogP contribution in [0.2, 0.25) is 0 Å². The minimum absolute atomic E-state index is 0.231. The normalized spacial score (nSPS) is 10.5. The van der Waals surface area contributed by atoms with Crippen molar-refractivity contribution in [3.05, 3.63) is 59.5 Å². The number of ether oxygens (including phenoxy) is 2. The number of carbonyl (C=O) groups excluding carboxylic acids is 1. The molecule has 0 aliphatic heterocycles. The molecule has 0 aliphatic carbocycles. The molecule has 0 saturated carbocycles. The first-order valence-corrected chi connectivity index (χ1v) is 8.49. The third-order valence-corrected chi connectivity index (χ3v) is 3.97. The van der Waals surface area contributed by atoms with Gasteiger partial charge in [0.1, 0.15) is 11.5 Å². The van der Waals surface area contributed by atoms with Crippen LogP contribution in [0, 0.1) is 6.92 Å². The maximum Gasteiger partial charge on any atom is 0.251 e. The summed E-state index contributed by atoms with van der Waals surface area (Å²) in [5.41, 5.74) is 2.45. The summed E-state index contributed by atoms with van der Waals surface area (Å²) in [6, 6.07) is 12.9. The highest BCUT2D eigenvalue weighted by atomic mass is 16.5. The summed E-state index contributed by atoms with van der Waals surface area (Å²) in [5, 5.41) is 10.9. The largest absolute Gasteiger partial charge is 0.497 e. The molecule has 0 radical (unpaired) electrons. The molecule has 1 aromatic heterocycles. The quantitative estimate of drug-likeness (QED) is 0.691. The number of rotatable bonds is 7. The minimum atomic E-state index is -0.231. The molecular weight excluding hydrogens is 346 g/mol. The van der Waals surface area contributed by atoms with E-state index in [0.717, 1.165) is 11.1 Å². The highest BCUT2D eigenvalue weighted by Gasteiger charge is 2.12. The molecule has 0 atom stereocenters. The van der Waals surface area contributed by atoms with Crippen molar-refractivity contribution >= 4 is 5.91 Å². The lowest BCUT2D eigenvalue weighted by atomic mass is 10.1. The second kappa shape index (κ2) is 8.35. The Balaban J connectivity index is 1.59. The molecule has 7 heteroatoms. The number of aryl methyl sites for hydroxylation is 1. The highest BCUT2D eigenvalue weighted by Crippen LogP contribution is 2.22. The van der Waals surface area contributed by atoms with Crippen LogP contribution in [0.3, 0.4) is 0 Å². The van der Waals surface area contributed by atoms with E-state index in [9.17, 15) is 4.79 Å². The van der Waals surface area contributed by atoms with Crippen molar-refractivity contribution in [1.29, 1.82) is 0 Å². The zero-order valence-corrected chi connectivity index (χ0v) is 15.5. The molecule has 1 amide bonds. The van der Waals surface area contributed by atoms with E-state index in [4.69, 9.17) is 13.9 Å². The molecule has 1 N–H and O–H groups in total. The van der Waals surface area contributed by atoms with Crippen LogP contribution in [0.5, 0.6) is 11.5 Å². The maximum absolute atomic E-state index is 12.3. The summed E-state index contributed by atoms with van der Waals surface area (Å²) >= 11 is 0. The Labute approximate surface area is 157 Å². The van der Waals surface area contributed by atoms with Gasteiger partial charge in [0.05, 0.1) is 14.2 Å². The fourth-order valence-corrected chi connectivity index (χ4v) is 2.57. The second-order valence-corrected chi connectivity index (χ2v) is 5.98. The Kier molecular flexibility index (Phi) is 5.71. The molecule has 140 valence electrons. The predicted octanol–water partition coefficient (Wildman–Crippen LogP) is 3.03. The lowest BCUT2D eigenvalue weighted by Crippen LogP contribution is -2.25. The topological polar surface area (TPSA) is 86.5 Å². The van der Waals surface area contributed by atoms with Crippen molar-refractivity contribution in [1.82, 2.24) is 15.5 Å². The zero-order chi connectivity index (χ0) is 19.2.